The summed E-state index contributed by atoms with van der Waals surface area (Å²) in [6.07, 6.45) is 0.769. The standard InChI is InChI=1S/C33H29N3O/c37-33(35-21-27-11-5-6-12-28(27)22-35)32-19-31(20-34-32)36(29-15-13-23-7-1-3-9-25(23)17-29)30-16-14-24-8-2-4-10-26(24)18-30/h1-18,31-32,34H,19-22H2/t31-,32-/m0/s1. The van der Waals surface area contributed by atoms with Crippen molar-refractivity contribution in [2.45, 2.75) is 31.6 Å². The number of nitrogens with one attached hydrogen (secondary N) is 1. The highest BCUT2D eigenvalue weighted by molar-refractivity contribution is 5.90. The maximum Gasteiger partial charge on any atom is 0.240 e. The summed E-state index contributed by atoms with van der Waals surface area (Å²) >= 11 is 0. The number of anilines is 2. The van der Waals surface area contributed by atoms with E-state index in [4.69, 9.17) is 0 Å². The summed E-state index contributed by atoms with van der Waals surface area (Å²) in [5, 5.41) is 8.48. The highest BCUT2D eigenvalue weighted by atomic mass is 16.2. The lowest BCUT2D eigenvalue weighted by Gasteiger charge is -2.32. The predicted octanol–water partition coefficient (Wildman–Crippen LogP) is 6.40. The first-order valence-electron chi connectivity index (χ1n) is 13.1. The van der Waals surface area contributed by atoms with Crippen LogP contribution in [0.1, 0.15) is 17.5 Å². The normalized spacial score (nSPS) is 18.9. The smallest absolute Gasteiger partial charge is 0.240 e. The molecule has 2 atom stereocenters. The van der Waals surface area contributed by atoms with Crippen LogP contribution in [0, 0.1) is 0 Å². The van der Waals surface area contributed by atoms with E-state index in [9.17, 15) is 4.79 Å². The van der Waals surface area contributed by atoms with Crippen LogP contribution in [0.15, 0.2) is 109 Å². The Bertz CT molecular complexity index is 1520. The van der Waals surface area contributed by atoms with Gasteiger partial charge in [-0.3, -0.25) is 4.79 Å². The maximum absolute atomic E-state index is 13.6. The Morgan fingerprint density at radius 1 is 0.676 bits per heavy atom. The van der Waals surface area contributed by atoms with E-state index in [1.54, 1.807) is 0 Å². The highest BCUT2D eigenvalue weighted by Gasteiger charge is 2.37. The third-order valence-electron chi connectivity index (χ3n) is 7.95. The Balaban J connectivity index is 1.21. The van der Waals surface area contributed by atoms with Crippen molar-refractivity contribution >= 4 is 38.8 Å². The van der Waals surface area contributed by atoms with E-state index in [0.717, 1.165) is 24.3 Å². The van der Waals surface area contributed by atoms with Crippen LogP contribution >= 0.6 is 0 Å². The van der Waals surface area contributed by atoms with Crippen LogP contribution in [0.2, 0.25) is 0 Å². The van der Waals surface area contributed by atoms with Gasteiger partial charge in [0.2, 0.25) is 5.91 Å². The molecule has 7 rings (SSSR count). The van der Waals surface area contributed by atoms with Crippen LogP contribution in [0.3, 0.4) is 0 Å². The van der Waals surface area contributed by atoms with Gasteiger partial charge in [0.1, 0.15) is 0 Å². The summed E-state index contributed by atoms with van der Waals surface area (Å²) < 4.78 is 0. The molecule has 4 nitrogen and oxygen atoms in total. The van der Waals surface area contributed by atoms with Gasteiger partial charge >= 0.3 is 0 Å². The van der Waals surface area contributed by atoms with E-state index in [2.05, 4.69) is 119 Å². The van der Waals surface area contributed by atoms with Crippen molar-refractivity contribution in [1.29, 1.82) is 0 Å². The Kier molecular flexibility index (Phi) is 5.40. The van der Waals surface area contributed by atoms with E-state index in [-0.39, 0.29) is 18.0 Å². The zero-order chi connectivity index (χ0) is 24.8. The summed E-state index contributed by atoms with van der Waals surface area (Å²) in [7, 11) is 0. The molecule has 0 saturated carbocycles. The van der Waals surface area contributed by atoms with Gasteiger partial charge in [0.05, 0.1) is 6.04 Å². The van der Waals surface area contributed by atoms with Crippen LogP contribution in [0.25, 0.3) is 21.5 Å². The lowest BCUT2D eigenvalue weighted by molar-refractivity contribution is -0.133. The molecule has 2 aliphatic heterocycles. The minimum atomic E-state index is -0.178. The molecular weight excluding hydrogens is 454 g/mol. The van der Waals surface area contributed by atoms with Gasteiger partial charge in [0.25, 0.3) is 0 Å². The van der Waals surface area contributed by atoms with Crippen molar-refractivity contribution in [1.82, 2.24) is 10.2 Å². The molecule has 1 saturated heterocycles. The predicted molar refractivity (Wildman–Crippen MR) is 151 cm³/mol. The van der Waals surface area contributed by atoms with Gasteiger partial charge in [-0.05, 0) is 63.4 Å². The minimum absolute atomic E-state index is 0.168. The second-order valence-electron chi connectivity index (χ2n) is 10.2. The average Bonchev–Trinajstić information content (AvgIpc) is 3.61. The molecule has 182 valence electrons. The summed E-state index contributed by atoms with van der Waals surface area (Å²) in [5.74, 6) is 0.204. The molecule has 2 heterocycles. The molecule has 1 amide bonds. The Morgan fingerprint density at radius 2 is 1.19 bits per heavy atom. The van der Waals surface area contributed by atoms with E-state index in [0.29, 0.717) is 13.1 Å². The molecule has 0 radical (unpaired) electrons. The van der Waals surface area contributed by atoms with Crippen LogP contribution in [0.4, 0.5) is 11.4 Å². The molecule has 5 aromatic rings. The zero-order valence-corrected chi connectivity index (χ0v) is 20.7. The van der Waals surface area contributed by atoms with Crippen molar-refractivity contribution in [2.24, 2.45) is 0 Å². The largest absolute Gasteiger partial charge is 0.337 e. The summed E-state index contributed by atoms with van der Waals surface area (Å²) in [5.41, 5.74) is 4.84. The van der Waals surface area contributed by atoms with Crippen LogP contribution in [0.5, 0.6) is 0 Å². The van der Waals surface area contributed by atoms with Gasteiger partial charge in [0, 0.05) is 37.1 Å². The van der Waals surface area contributed by atoms with Crippen molar-refractivity contribution in [3.8, 4) is 0 Å². The van der Waals surface area contributed by atoms with E-state index >= 15 is 0 Å². The number of hydrogen-bond donors (Lipinski definition) is 1. The van der Waals surface area contributed by atoms with Crippen molar-refractivity contribution in [3.05, 3.63) is 120 Å². The van der Waals surface area contributed by atoms with Gasteiger partial charge in [-0.1, -0.05) is 84.9 Å². The first-order valence-corrected chi connectivity index (χ1v) is 13.1. The quantitative estimate of drug-likeness (QED) is 0.321. The van der Waals surface area contributed by atoms with Crippen LogP contribution in [-0.2, 0) is 17.9 Å². The lowest BCUT2D eigenvalue weighted by atomic mass is 10.0. The van der Waals surface area contributed by atoms with Crippen LogP contribution in [-0.4, -0.2) is 29.4 Å². The number of amides is 1. The average molecular weight is 484 g/mol. The number of rotatable bonds is 4. The second kappa shape index (κ2) is 9.06. The number of carbonyl (C=O) groups excluding carboxylic acids is 1. The molecule has 2 aliphatic rings. The van der Waals surface area contributed by atoms with E-state index < -0.39 is 0 Å². The first kappa shape index (κ1) is 22.1. The van der Waals surface area contributed by atoms with E-state index in [1.807, 2.05) is 4.90 Å². The molecule has 1 fully saturated rings. The maximum atomic E-state index is 13.6. The van der Waals surface area contributed by atoms with Gasteiger partial charge < -0.3 is 15.1 Å². The molecule has 0 unspecified atom stereocenters. The molecule has 0 aliphatic carbocycles. The minimum Gasteiger partial charge on any atom is -0.337 e. The molecule has 0 bridgehead atoms. The van der Waals surface area contributed by atoms with Gasteiger partial charge in [-0.25, -0.2) is 0 Å². The number of hydrogen-bond acceptors (Lipinski definition) is 3. The van der Waals surface area contributed by atoms with Crippen molar-refractivity contribution in [2.75, 3.05) is 11.4 Å². The van der Waals surface area contributed by atoms with Gasteiger partial charge in [-0.15, -0.1) is 0 Å². The Morgan fingerprint density at radius 3 is 1.76 bits per heavy atom. The number of nitrogens with zero attached hydrogens (tertiary/aromatic N) is 2. The van der Waals surface area contributed by atoms with Crippen molar-refractivity contribution in [3.63, 3.8) is 0 Å². The molecule has 1 N–H and O–H groups in total. The zero-order valence-electron chi connectivity index (χ0n) is 20.7. The fraction of sp³-hybridized carbons (Fsp3) is 0.182. The third-order valence-corrected chi connectivity index (χ3v) is 7.95. The molecule has 37 heavy (non-hydrogen) atoms. The molecule has 5 aromatic carbocycles. The Hall–Kier alpha value is -4.15. The van der Waals surface area contributed by atoms with Crippen LogP contribution < -0.4 is 10.2 Å². The molecular formula is C33H29N3O. The van der Waals surface area contributed by atoms with Crippen molar-refractivity contribution < 1.29 is 4.79 Å². The number of carbonyl (C=O) groups is 1. The lowest BCUT2D eigenvalue weighted by Crippen LogP contribution is -2.40. The van der Waals surface area contributed by atoms with E-state index in [1.165, 1.54) is 32.7 Å². The summed E-state index contributed by atoms with van der Waals surface area (Å²) in [4.78, 5) is 18.0. The first-order chi connectivity index (χ1) is 18.2. The summed E-state index contributed by atoms with van der Waals surface area (Å²) in [6.45, 7) is 2.17. The highest BCUT2D eigenvalue weighted by Crippen LogP contribution is 2.35. The molecule has 4 heteroatoms. The second-order valence-corrected chi connectivity index (χ2v) is 10.2. The monoisotopic (exact) mass is 483 g/mol. The van der Waals surface area contributed by atoms with Gasteiger partial charge in [0.15, 0.2) is 0 Å². The SMILES string of the molecule is O=C([C@@H]1C[C@H](N(c2ccc3ccccc3c2)c2ccc3ccccc3c2)CN1)N1Cc2ccccc2C1. The fourth-order valence-electron chi connectivity index (χ4n) is 6.04. The molecule has 0 spiro atoms. The third kappa shape index (κ3) is 4.04. The molecule has 0 aromatic heterocycles. The Labute approximate surface area is 217 Å². The topological polar surface area (TPSA) is 35.6 Å². The number of benzene rings is 5. The fourth-order valence-corrected chi connectivity index (χ4v) is 6.04. The summed E-state index contributed by atoms with van der Waals surface area (Å²) in [6, 6.07) is 38.7. The van der Waals surface area contributed by atoms with Gasteiger partial charge in [-0.2, -0.15) is 0 Å². The number of fused-ring (bicyclic) bond motifs is 3.